The van der Waals surface area contributed by atoms with Gasteiger partial charge in [0, 0.05) is 6.54 Å². The first kappa shape index (κ1) is 17.8. The van der Waals surface area contributed by atoms with Crippen LogP contribution in [0.15, 0.2) is 40.9 Å². The van der Waals surface area contributed by atoms with Gasteiger partial charge in [-0.25, -0.2) is 0 Å². The van der Waals surface area contributed by atoms with Crippen LogP contribution in [0.2, 0.25) is 0 Å². The average Bonchev–Trinajstić information content (AvgIpc) is 2.52. The molecule has 0 radical (unpaired) electrons. The van der Waals surface area contributed by atoms with Crippen molar-refractivity contribution in [3.63, 3.8) is 0 Å². The SMILES string of the molecule is CCNCc1cc(Br)c(OCc2cccc(C)c2)c(OCC)c1. The van der Waals surface area contributed by atoms with Gasteiger partial charge in [-0.05, 0) is 59.6 Å². The molecule has 1 N–H and O–H groups in total. The number of halogens is 1. The number of hydrogen-bond donors (Lipinski definition) is 1. The van der Waals surface area contributed by atoms with Gasteiger partial charge >= 0.3 is 0 Å². The summed E-state index contributed by atoms with van der Waals surface area (Å²) < 4.78 is 12.7. The quantitative estimate of drug-likeness (QED) is 0.713. The molecule has 0 saturated carbocycles. The molecule has 0 saturated heterocycles. The van der Waals surface area contributed by atoms with Gasteiger partial charge in [0.1, 0.15) is 6.61 Å². The molecule has 23 heavy (non-hydrogen) atoms. The zero-order valence-corrected chi connectivity index (χ0v) is 15.6. The van der Waals surface area contributed by atoms with Crippen LogP contribution in [0.5, 0.6) is 11.5 Å². The molecule has 0 bridgehead atoms. The summed E-state index contributed by atoms with van der Waals surface area (Å²) in [5.74, 6) is 1.54. The van der Waals surface area contributed by atoms with Gasteiger partial charge in [0.25, 0.3) is 0 Å². The smallest absolute Gasteiger partial charge is 0.175 e. The van der Waals surface area contributed by atoms with Crippen molar-refractivity contribution in [2.24, 2.45) is 0 Å². The van der Waals surface area contributed by atoms with Gasteiger partial charge in [-0.2, -0.15) is 0 Å². The van der Waals surface area contributed by atoms with Crippen LogP contribution in [0.4, 0.5) is 0 Å². The number of nitrogens with one attached hydrogen (secondary N) is 1. The van der Waals surface area contributed by atoms with Gasteiger partial charge in [-0.3, -0.25) is 0 Å². The van der Waals surface area contributed by atoms with E-state index in [0.29, 0.717) is 13.2 Å². The topological polar surface area (TPSA) is 30.5 Å². The molecule has 0 amide bonds. The second kappa shape index (κ2) is 8.94. The van der Waals surface area contributed by atoms with Crippen molar-refractivity contribution in [2.45, 2.75) is 33.9 Å². The Morgan fingerprint density at radius 3 is 2.57 bits per heavy atom. The van der Waals surface area contributed by atoms with E-state index in [1.165, 1.54) is 11.1 Å². The molecule has 0 aliphatic rings. The van der Waals surface area contributed by atoms with Crippen LogP contribution in [0.3, 0.4) is 0 Å². The molecule has 2 rings (SSSR count). The van der Waals surface area contributed by atoms with E-state index in [9.17, 15) is 0 Å². The summed E-state index contributed by atoms with van der Waals surface area (Å²) in [5, 5.41) is 3.33. The Morgan fingerprint density at radius 2 is 1.87 bits per heavy atom. The highest BCUT2D eigenvalue weighted by Crippen LogP contribution is 2.37. The third-order valence-corrected chi connectivity index (χ3v) is 4.00. The second-order valence-corrected chi connectivity index (χ2v) is 6.25. The lowest BCUT2D eigenvalue weighted by Gasteiger charge is -2.16. The molecule has 0 atom stereocenters. The molecule has 3 nitrogen and oxygen atoms in total. The second-order valence-electron chi connectivity index (χ2n) is 5.40. The Kier molecular flexibility index (Phi) is 6.93. The molecule has 0 aliphatic heterocycles. The van der Waals surface area contributed by atoms with Crippen LogP contribution in [0, 0.1) is 6.92 Å². The summed E-state index contributed by atoms with van der Waals surface area (Å²) in [7, 11) is 0. The largest absolute Gasteiger partial charge is 0.490 e. The van der Waals surface area contributed by atoms with E-state index in [1.54, 1.807) is 0 Å². The normalized spacial score (nSPS) is 10.6. The van der Waals surface area contributed by atoms with Crippen molar-refractivity contribution in [3.05, 3.63) is 57.6 Å². The summed E-state index contributed by atoms with van der Waals surface area (Å²) >= 11 is 3.62. The minimum atomic E-state index is 0.521. The maximum absolute atomic E-state index is 6.03. The van der Waals surface area contributed by atoms with Crippen LogP contribution in [0.25, 0.3) is 0 Å². The maximum atomic E-state index is 6.03. The van der Waals surface area contributed by atoms with E-state index >= 15 is 0 Å². The van der Waals surface area contributed by atoms with E-state index in [1.807, 2.05) is 19.1 Å². The van der Waals surface area contributed by atoms with Gasteiger partial charge in [-0.15, -0.1) is 0 Å². The summed E-state index contributed by atoms with van der Waals surface area (Å²) in [5.41, 5.74) is 3.55. The third kappa shape index (κ3) is 5.26. The van der Waals surface area contributed by atoms with Crippen LogP contribution in [-0.2, 0) is 13.2 Å². The first-order valence-electron chi connectivity index (χ1n) is 7.98. The fourth-order valence-corrected chi connectivity index (χ4v) is 2.96. The van der Waals surface area contributed by atoms with Crippen LogP contribution in [0.1, 0.15) is 30.5 Å². The van der Waals surface area contributed by atoms with Crippen molar-refractivity contribution in [1.29, 1.82) is 0 Å². The predicted molar refractivity (Wildman–Crippen MR) is 98.2 cm³/mol. The van der Waals surface area contributed by atoms with Crippen LogP contribution in [-0.4, -0.2) is 13.2 Å². The van der Waals surface area contributed by atoms with Gasteiger partial charge < -0.3 is 14.8 Å². The molecule has 0 unspecified atom stereocenters. The zero-order valence-electron chi connectivity index (χ0n) is 14.0. The summed E-state index contributed by atoms with van der Waals surface area (Å²) in [6.07, 6.45) is 0. The highest BCUT2D eigenvalue weighted by molar-refractivity contribution is 9.10. The van der Waals surface area contributed by atoms with Gasteiger partial charge in [0.15, 0.2) is 11.5 Å². The zero-order chi connectivity index (χ0) is 16.7. The van der Waals surface area contributed by atoms with Crippen LogP contribution >= 0.6 is 15.9 Å². The number of aryl methyl sites for hydroxylation is 1. The van der Waals surface area contributed by atoms with E-state index in [-0.39, 0.29) is 0 Å². The number of rotatable bonds is 8. The van der Waals surface area contributed by atoms with E-state index in [0.717, 1.165) is 34.6 Å². The van der Waals surface area contributed by atoms with Crippen molar-refractivity contribution in [3.8, 4) is 11.5 Å². The molecule has 4 heteroatoms. The minimum absolute atomic E-state index is 0.521. The standard InChI is InChI=1S/C19H24BrNO2/c1-4-21-12-16-10-17(20)19(18(11-16)22-5-2)23-13-15-8-6-7-14(3)9-15/h6-11,21H,4-5,12-13H2,1-3H3. The molecule has 0 aromatic heterocycles. The molecule has 2 aromatic rings. The maximum Gasteiger partial charge on any atom is 0.175 e. The van der Waals surface area contributed by atoms with Crippen molar-refractivity contribution < 1.29 is 9.47 Å². The Balaban J connectivity index is 2.18. The molecule has 124 valence electrons. The lowest BCUT2D eigenvalue weighted by molar-refractivity contribution is 0.267. The average molecular weight is 378 g/mol. The lowest BCUT2D eigenvalue weighted by atomic mass is 10.1. The molecule has 0 aliphatic carbocycles. The Labute approximate surface area is 147 Å². The fraction of sp³-hybridized carbons (Fsp3) is 0.368. The Hall–Kier alpha value is -1.52. The van der Waals surface area contributed by atoms with Crippen LogP contribution < -0.4 is 14.8 Å². The molecular formula is C19H24BrNO2. The van der Waals surface area contributed by atoms with E-state index in [4.69, 9.17) is 9.47 Å². The van der Waals surface area contributed by atoms with Gasteiger partial charge in [0.2, 0.25) is 0 Å². The van der Waals surface area contributed by atoms with E-state index in [2.05, 4.69) is 59.4 Å². The molecule has 0 spiro atoms. The van der Waals surface area contributed by atoms with Gasteiger partial charge in [-0.1, -0.05) is 36.8 Å². The molecule has 0 heterocycles. The predicted octanol–water partition coefficient (Wildman–Crippen LogP) is 4.84. The van der Waals surface area contributed by atoms with Gasteiger partial charge in [0.05, 0.1) is 11.1 Å². The molecule has 2 aromatic carbocycles. The van der Waals surface area contributed by atoms with E-state index < -0.39 is 0 Å². The monoisotopic (exact) mass is 377 g/mol. The Bertz CT molecular complexity index is 643. The van der Waals surface area contributed by atoms with Crippen molar-refractivity contribution in [2.75, 3.05) is 13.2 Å². The lowest BCUT2D eigenvalue weighted by Crippen LogP contribution is -2.12. The van der Waals surface area contributed by atoms with Crippen molar-refractivity contribution >= 4 is 15.9 Å². The molecule has 0 fully saturated rings. The highest BCUT2D eigenvalue weighted by atomic mass is 79.9. The Morgan fingerprint density at radius 1 is 1.04 bits per heavy atom. The molecular weight excluding hydrogens is 354 g/mol. The number of hydrogen-bond acceptors (Lipinski definition) is 3. The number of ether oxygens (including phenoxy) is 2. The first-order chi connectivity index (χ1) is 11.1. The highest BCUT2D eigenvalue weighted by Gasteiger charge is 2.12. The summed E-state index contributed by atoms with van der Waals surface area (Å²) in [6.45, 7) is 9.04. The summed E-state index contributed by atoms with van der Waals surface area (Å²) in [6, 6.07) is 12.5. The first-order valence-corrected chi connectivity index (χ1v) is 8.77. The minimum Gasteiger partial charge on any atom is -0.490 e. The summed E-state index contributed by atoms with van der Waals surface area (Å²) in [4.78, 5) is 0. The fourth-order valence-electron chi connectivity index (χ4n) is 2.35. The number of benzene rings is 2. The third-order valence-electron chi connectivity index (χ3n) is 3.41. The van der Waals surface area contributed by atoms with Crippen molar-refractivity contribution in [1.82, 2.24) is 5.32 Å².